The lowest BCUT2D eigenvalue weighted by Gasteiger charge is -2.12. The highest BCUT2D eigenvalue weighted by Gasteiger charge is 2.45. The predicted octanol–water partition coefficient (Wildman–Crippen LogP) is 5.17. The second-order valence-corrected chi connectivity index (χ2v) is 8.24. The van der Waals surface area contributed by atoms with E-state index in [1.807, 2.05) is 60.7 Å². The Hall–Kier alpha value is -3.40. The van der Waals surface area contributed by atoms with Crippen molar-refractivity contribution in [2.45, 2.75) is 24.7 Å². The van der Waals surface area contributed by atoms with Gasteiger partial charge >= 0.3 is 0 Å². The summed E-state index contributed by atoms with van der Waals surface area (Å²) in [5, 5.41) is 6.05. The number of hydrogen-bond acceptors (Lipinski definition) is 2. The second kappa shape index (κ2) is 7.79. The van der Waals surface area contributed by atoms with Crippen LogP contribution in [0, 0.1) is 11.8 Å². The van der Waals surface area contributed by atoms with E-state index in [4.69, 9.17) is 0 Å². The van der Waals surface area contributed by atoms with Crippen LogP contribution >= 0.6 is 0 Å². The molecule has 30 heavy (non-hydrogen) atoms. The van der Waals surface area contributed by atoms with Crippen molar-refractivity contribution in [3.8, 4) is 0 Å². The highest BCUT2D eigenvalue weighted by atomic mass is 16.2. The van der Waals surface area contributed by atoms with E-state index in [9.17, 15) is 9.59 Å². The normalized spacial score (nSPS) is 24.0. The molecule has 2 fully saturated rings. The fraction of sp³-hybridized carbons (Fsp3) is 0.231. The van der Waals surface area contributed by atoms with E-state index in [0.29, 0.717) is 11.4 Å². The molecule has 0 unspecified atom stereocenters. The summed E-state index contributed by atoms with van der Waals surface area (Å²) in [7, 11) is 0. The average Bonchev–Trinajstić information content (AvgIpc) is 3.70. The fourth-order valence-electron chi connectivity index (χ4n) is 4.26. The van der Waals surface area contributed by atoms with E-state index in [1.165, 1.54) is 11.1 Å². The molecule has 0 aliphatic heterocycles. The Bertz CT molecular complexity index is 978. The van der Waals surface area contributed by atoms with Crippen molar-refractivity contribution >= 4 is 23.2 Å². The average molecular weight is 396 g/mol. The van der Waals surface area contributed by atoms with Gasteiger partial charge in [0, 0.05) is 11.8 Å². The molecular formula is C26H24N2O2. The van der Waals surface area contributed by atoms with Crippen LogP contribution in [-0.4, -0.2) is 11.8 Å². The molecule has 0 radical (unpaired) electrons. The molecule has 4 nitrogen and oxygen atoms in total. The van der Waals surface area contributed by atoms with Crippen molar-refractivity contribution in [1.29, 1.82) is 0 Å². The summed E-state index contributed by atoms with van der Waals surface area (Å²) in [6.45, 7) is 0. The molecule has 0 bridgehead atoms. The van der Waals surface area contributed by atoms with Gasteiger partial charge in [-0.3, -0.25) is 9.59 Å². The van der Waals surface area contributed by atoms with Gasteiger partial charge in [0.2, 0.25) is 11.8 Å². The van der Waals surface area contributed by atoms with Crippen LogP contribution in [0.15, 0.2) is 84.9 Å². The number of carbonyl (C=O) groups is 2. The van der Waals surface area contributed by atoms with Crippen LogP contribution < -0.4 is 10.6 Å². The zero-order chi connectivity index (χ0) is 20.5. The molecule has 3 aromatic carbocycles. The Morgan fingerprint density at radius 2 is 0.933 bits per heavy atom. The van der Waals surface area contributed by atoms with E-state index in [2.05, 4.69) is 34.9 Å². The molecule has 2 aliphatic carbocycles. The molecule has 0 saturated heterocycles. The lowest BCUT2D eigenvalue weighted by molar-refractivity contribution is -0.118. The summed E-state index contributed by atoms with van der Waals surface area (Å²) >= 11 is 0. The minimum absolute atomic E-state index is 0.0120. The van der Waals surface area contributed by atoms with Crippen LogP contribution in [0.2, 0.25) is 0 Å². The maximum atomic E-state index is 12.8. The Kier molecular flexibility index (Phi) is 4.83. The number of rotatable bonds is 6. The molecule has 150 valence electrons. The smallest absolute Gasteiger partial charge is 0.228 e. The number of carbonyl (C=O) groups excluding carboxylic acids is 2. The van der Waals surface area contributed by atoms with Crippen LogP contribution in [-0.2, 0) is 9.59 Å². The van der Waals surface area contributed by atoms with Gasteiger partial charge in [0.15, 0.2) is 0 Å². The van der Waals surface area contributed by atoms with Crippen molar-refractivity contribution in [3.63, 3.8) is 0 Å². The van der Waals surface area contributed by atoms with Gasteiger partial charge < -0.3 is 10.6 Å². The van der Waals surface area contributed by atoms with Crippen LogP contribution in [0.1, 0.15) is 35.8 Å². The third-order valence-electron chi connectivity index (χ3n) is 6.15. The predicted molar refractivity (Wildman–Crippen MR) is 118 cm³/mol. The first-order chi connectivity index (χ1) is 14.7. The SMILES string of the molecule is O=C(Nc1ccccc1NC(=O)[C@@H]1C[C@@H]1c1ccccc1)[C@H]1C[C@H]1c1ccccc1. The summed E-state index contributed by atoms with van der Waals surface area (Å²) < 4.78 is 0. The first-order valence-electron chi connectivity index (χ1n) is 10.5. The van der Waals surface area contributed by atoms with Crippen molar-refractivity contribution in [2.75, 3.05) is 10.6 Å². The molecule has 4 atom stereocenters. The van der Waals surface area contributed by atoms with Gasteiger partial charge in [-0.2, -0.15) is 0 Å². The zero-order valence-corrected chi connectivity index (χ0v) is 16.6. The van der Waals surface area contributed by atoms with Crippen LogP contribution in [0.4, 0.5) is 11.4 Å². The first-order valence-corrected chi connectivity index (χ1v) is 10.5. The molecule has 2 saturated carbocycles. The van der Waals surface area contributed by atoms with E-state index < -0.39 is 0 Å². The highest BCUT2D eigenvalue weighted by Crippen LogP contribution is 2.49. The Balaban J connectivity index is 1.22. The molecule has 2 amide bonds. The minimum atomic E-state index is -0.0120. The maximum absolute atomic E-state index is 12.8. The summed E-state index contributed by atoms with van der Waals surface area (Å²) in [5.74, 6) is 0.569. The van der Waals surface area contributed by atoms with E-state index in [0.717, 1.165) is 12.8 Å². The monoisotopic (exact) mass is 396 g/mol. The fourth-order valence-corrected chi connectivity index (χ4v) is 4.26. The topological polar surface area (TPSA) is 58.2 Å². The Morgan fingerprint density at radius 3 is 1.33 bits per heavy atom. The molecule has 2 aliphatic rings. The highest BCUT2D eigenvalue weighted by molar-refractivity contribution is 6.02. The summed E-state index contributed by atoms with van der Waals surface area (Å²) in [6.07, 6.45) is 1.73. The van der Waals surface area contributed by atoms with Crippen LogP contribution in [0.25, 0.3) is 0 Å². The van der Waals surface area contributed by atoms with E-state index in [-0.39, 0.29) is 35.5 Å². The molecule has 2 N–H and O–H groups in total. The molecule has 3 aromatic rings. The van der Waals surface area contributed by atoms with Gasteiger partial charge in [0.1, 0.15) is 0 Å². The lowest BCUT2D eigenvalue weighted by atomic mass is 10.1. The van der Waals surface area contributed by atoms with E-state index in [1.54, 1.807) is 0 Å². The number of para-hydroxylation sites is 2. The summed E-state index contributed by atoms with van der Waals surface area (Å²) in [5.41, 5.74) is 3.73. The third kappa shape index (κ3) is 3.86. The molecular weight excluding hydrogens is 372 g/mol. The largest absolute Gasteiger partial charge is 0.324 e. The number of benzene rings is 3. The zero-order valence-electron chi connectivity index (χ0n) is 16.6. The van der Waals surface area contributed by atoms with Crippen molar-refractivity contribution in [3.05, 3.63) is 96.1 Å². The Labute approximate surface area is 176 Å². The second-order valence-electron chi connectivity index (χ2n) is 8.24. The van der Waals surface area contributed by atoms with Crippen molar-refractivity contribution in [2.24, 2.45) is 11.8 Å². The molecule has 0 aromatic heterocycles. The summed E-state index contributed by atoms with van der Waals surface area (Å²) in [4.78, 5) is 25.5. The van der Waals surface area contributed by atoms with Crippen LogP contribution in [0.5, 0.6) is 0 Å². The number of hydrogen-bond donors (Lipinski definition) is 2. The molecule has 0 heterocycles. The molecule has 4 heteroatoms. The number of amides is 2. The van der Waals surface area contributed by atoms with Gasteiger partial charge in [-0.25, -0.2) is 0 Å². The van der Waals surface area contributed by atoms with Gasteiger partial charge in [-0.1, -0.05) is 72.8 Å². The minimum Gasteiger partial charge on any atom is -0.324 e. The summed E-state index contributed by atoms with van der Waals surface area (Å²) in [6, 6.07) is 27.7. The first kappa shape index (κ1) is 18.6. The van der Waals surface area contributed by atoms with Crippen molar-refractivity contribution in [1.82, 2.24) is 0 Å². The molecule has 0 spiro atoms. The standard InChI is InChI=1S/C26H24N2O2/c29-25(21-15-19(21)17-9-3-1-4-10-17)27-23-13-7-8-14-24(23)28-26(30)22-16-20(22)18-11-5-2-6-12-18/h1-14,19-22H,15-16H2,(H,27,29)(H,28,30)/t19-,20+,21-,22+. The lowest BCUT2D eigenvalue weighted by Crippen LogP contribution is -2.19. The van der Waals surface area contributed by atoms with E-state index >= 15 is 0 Å². The van der Waals surface area contributed by atoms with Crippen LogP contribution in [0.3, 0.4) is 0 Å². The van der Waals surface area contributed by atoms with Crippen molar-refractivity contribution < 1.29 is 9.59 Å². The number of anilines is 2. The Morgan fingerprint density at radius 1 is 0.567 bits per heavy atom. The number of nitrogens with one attached hydrogen (secondary N) is 2. The van der Waals surface area contributed by atoms with Gasteiger partial charge in [0.05, 0.1) is 11.4 Å². The van der Waals surface area contributed by atoms with Gasteiger partial charge in [0.25, 0.3) is 0 Å². The van der Waals surface area contributed by atoms with Gasteiger partial charge in [-0.05, 0) is 47.9 Å². The molecule has 5 rings (SSSR count). The quantitative estimate of drug-likeness (QED) is 0.604. The van der Waals surface area contributed by atoms with Gasteiger partial charge in [-0.15, -0.1) is 0 Å². The maximum Gasteiger partial charge on any atom is 0.228 e. The third-order valence-corrected chi connectivity index (χ3v) is 6.15.